The van der Waals surface area contributed by atoms with Gasteiger partial charge in [0, 0.05) is 55.8 Å². The van der Waals surface area contributed by atoms with Crippen molar-refractivity contribution >= 4 is 11.3 Å². The van der Waals surface area contributed by atoms with E-state index in [2.05, 4.69) is 77.3 Å². The summed E-state index contributed by atoms with van der Waals surface area (Å²) in [5.74, 6) is 1.95. The first-order valence-corrected chi connectivity index (χ1v) is 14.7. The summed E-state index contributed by atoms with van der Waals surface area (Å²) in [5, 5.41) is 2.24. The van der Waals surface area contributed by atoms with Crippen LogP contribution in [-0.4, -0.2) is 60.8 Å². The molecule has 2 aliphatic heterocycles. The molecule has 6 rings (SSSR count). The summed E-state index contributed by atoms with van der Waals surface area (Å²) in [6.45, 7) is 11.8. The molecule has 0 amide bonds. The van der Waals surface area contributed by atoms with Gasteiger partial charge in [0.2, 0.25) is 0 Å². The summed E-state index contributed by atoms with van der Waals surface area (Å²) in [6.07, 6.45) is 11.4. The number of rotatable bonds is 10. The summed E-state index contributed by atoms with van der Waals surface area (Å²) >= 11 is 1.92. The van der Waals surface area contributed by atoms with Crippen LogP contribution in [0.4, 0.5) is 0 Å². The smallest absolute Gasteiger partial charge is 0.120 e. The lowest BCUT2D eigenvalue weighted by molar-refractivity contribution is 0.102. The Labute approximate surface area is 229 Å². The number of thiophene rings is 1. The molecule has 8 heteroatoms. The van der Waals surface area contributed by atoms with Crippen LogP contribution in [-0.2, 0) is 32.7 Å². The molecule has 0 atom stereocenters. The number of imidazole rings is 2. The monoisotopic (exact) mass is 529 g/mol. The zero-order valence-corrected chi connectivity index (χ0v) is 23.2. The molecule has 4 aromatic rings. The molecule has 0 saturated carbocycles. The van der Waals surface area contributed by atoms with Crippen LogP contribution in [0, 0.1) is 12.3 Å². The number of aromatic amines is 2. The molecule has 1 aromatic carbocycles. The van der Waals surface area contributed by atoms with Gasteiger partial charge in [-0.25, -0.2) is 9.97 Å². The maximum atomic E-state index is 4.42. The van der Waals surface area contributed by atoms with Crippen LogP contribution in [0.25, 0.3) is 0 Å². The zero-order chi connectivity index (χ0) is 25.8. The van der Waals surface area contributed by atoms with Crippen LogP contribution >= 0.6 is 11.3 Å². The molecule has 2 aliphatic rings. The third-order valence-electron chi connectivity index (χ3n) is 8.46. The number of H-pyrrole nitrogens is 2. The minimum absolute atomic E-state index is 0.539. The minimum Gasteiger partial charge on any atom is -0.348 e. The third-order valence-corrected chi connectivity index (χ3v) is 9.47. The van der Waals surface area contributed by atoms with E-state index >= 15 is 0 Å². The van der Waals surface area contributed by atoms with Crippen LogP contribution in [0.3, 0.4) is 0 Å². The van der Waals surface area contributed by atoms with Crippen LogP contribution in [0.15, 0.2) is 60.5 Å². The molecular formula is C30H39N7S. The van der Waals surface area contributed by atoms with Crippen LogP contribution in [0.2, 0.25) is 0 Å². The predicted octanol–water partition coefficient (Wildman–Crippen LogP) is 5.19. The van der Waals surface area contributed by atoms with Gasteiger partial charge in [-0.3, -0.25) is 14.7 Å². The van der Waals surface area contributed by atoms with Crippen molar-refractivity contribution in [3.8, 4) is 0 Å². The standard InChI is InChI=1S/C30H39N7S/c1-24-6-17-38-27(24)20-36-16-9-30(23-36)7-14-35(15-8-30)18-25-2-4-26(5-3-25)19-37(21-28-31-10-11-32-28)22-29-33-12-13-34-29/h2-6,10-13,17H,7-9,14-16,18-23H2,1H3,(H,31,32)(H,33,34). The predicted molar refractivity (Wildman–Crippen MR) is 152 cm³/mol. The van der Waals surface area contributed by atoms with Crippen LogP contribution in [0.1, 0.15) is 52.5 Å². The Bertz CT molecular complexity index is 1220. The van der Waals surface area contributed by atoms with Crippen LogP contribution in [0.5, 0.6) is 0 Å². The van der Waals surface area contributed by atoms with Gasteiger partial charge in [0.05, 0.1) is 13.1 Å². The molecule has 2 fully saturated rings. The largest absolute Gasteiger partial charge is 0.348 e. The van der Waals surface area contributed by atoms with Crippen molar-refractivity contribution in [3.63, 3.8) is 0 Å². The van der Waals surface area contributed by atoms with Gasteiger partial charge in [-0.1, -0.05) is 24.3 Å². The topological polar surface area (TPSA) is 67.1 Å². The molecule has 38 heavy (non-hydrogen) atoms. The molecule has 1 spiro atoms. The van der Waals surface area contributed by atoms with Crippen molar-refractivity contribution in [2.45, 2.75) is 58.9 Å². The van der Waals surface area contributed by atoms with Gasteiger partial charge in [-0.2, -0.15) is 0 Å². The first-order chi connectivity index (χ1) is 18.6. The second-order valence-corrected chi connectivity index (χ2v) is 12.3. The first kappa shape index (κ1) is 25.5. The van der Waals surface area contributed by atoms with E-state index in [1.165, 1.54) is 62.1 Å². The second kappa shape index (κ2) is 11.5. The molecule has 0 bridgehead atoms. The number of aryl methyl sites for hydroxylation is 1. The number of hydrogen-bond donors (Lipinski definition) is 2. The maximum absolute atomic E-state index is 4.42. The molecule has 0 aliphatic carbocycles. The highest BCUT2D eigenvalue weighted by atomic mass is 32.1. The van der Waals surface area contributed by atoms with E-state index in [1.54, 1.807) is 4.88 Å². The number of benzene rings is 1. The van der Waals surface area contributed by atoms with Gasteiger partial charge in [-0.15, -0.1) is 11.3 Å². The average molecular weight is 530 g/mol. The summed E-state index contributed by atoms with van der Waals surface area (Å²) in [5.41, 5.74) is 4.72. The van der Waals surface area contributed by atoms with Gasteiger partial charge in [0.1, 0.15) is 11.6 Å². The van der Waals surface area contributed by atoms with Crippen molar-refractivity contribution in [2.75, 3.05) is 26.2 Å². The number of likely N-dealkylation sites (tertiary alicyclic amines) is 2. The van der Waals surface area contributed by atoms with Crippen molar-refractivity contribution in [1.29, 1.82) is 0 Å². The molecule has 5 heterocycles. The molecule has 3 aromatic heterocycles. The van der Waals surface area contributed by atoms with E-state index in [-0.39, 0.29) is 0 Å². The molecule has 7 nitrogen and oxygen atoms in total. The summed E-state index contributed by atoms with van der Waals surface area (Å²) < 4.78 is 0. The number of hydrogen-bond acceptors (Lipinski definition) is 6. The molecule has 2 saturated heterocycles. The maximum Gasteiger partial charge on any atom is 0.120 e. The van der Waals surface area contributed by atoms with Gasteiger partial charge in [-0.05, 0) is 79.4 Å². The normalized spacial score (nSPS) is 18.2. The summed E-state index contributed by atoms with van der Waals surface area (Å²) in [6, 6.07) is 11.5. The van der Waals surface area contributed by atoms with E-state index in [0.29, 0.717) is 5.41 Å². The lowest BCUT2D eigenvalue weighted by Gasteiger charge is -2.39. The number of aromatic nitrogens is 4. The summed E-state index contributed by atoms with van der Waals surface area (Å²) in [4.78, 5) is 24.6. The van der Waals surface area contributed by atoms with Gasteiger partial charge >= 0.3 is 0 Å². The van der Waals surface area contributed by atoms with Gasteiger partial charge in [0.25, 0.3) is 0 Å². The fourth-order valence-electron chi connectivity index (χ4n) is 6.15. The Kier molecular flexibility index (Phi) is 7.74. The zero-order valence-electron chi connectivity index (χ0n) is 22.4. The van der Waals surface area contributed by atoms with Crippen molar-refractivity contribution < 1.29 is 0 Å². The van der Waals surface area contributed by atoms with Crippen molar-refractivity contribution in [2.24, 2.45) is 5.41 Å². The fraction of sp³-hybridized carbons (Fsp3) is 0.467. The highest BCUT2D eigenvalue weighted by Crippen LogP contribution is 2.41. The number of nitrogens with one attached hydrogen (secondary N) is 2. The van der Waals surface area contributed by atoms with Crippen molar-refractivity contribution in [1.82, 2.24) is 34.6 Å². The van der Waals surface area contributed by atoms with Gasteiger partial charge in [0.15, 0.2) is 0 Å². The SMILES string of the molecule is Cc1ccsc1CN1CCC2(CCN(Cc3ccc(CN(Cc4ncc[nH]4)Cc4ncc[nH]4)cc3)CC2)C1. The lowest BCUT2D eigenvalue weighted by Crippen LogP contribution is -2.41. The van der Waals surface area contributed by atoms with Crippen molar-refractivity contribution in [3.05, 3.63) is 93.7 Å². The Morgan fingerprint density at radius 3 is 2.03 bits per heavy atom. The summed E-state index contributed by atoms with van der Waals surface area (Å²) in [7, 11) is 0. The minimum atomic E-state index is 0.539. The Morgan fingerprint density at radius 1 is 0.816 bits per heavy atom. The Hall–Kier alpha value is -2.78. The van der Waals surface area contributed by atoms with Crippen LogP contribution < -0.4 is 0 Å². The van der Waals surface area contributed by atoms with Gasteiger partial charge < -0.3 is 9.97 Å². The third kappa shape index (κ3) is 6.26. The molecular weight excluding hydrogens is 490 g/mol. The molecule has 2 N–H and O–H groups in total. The van der Waals surface area contributed by atoms with E-state index in [1.807, 2.05) is 36.1 Å². The highest BCUT2D eigenvalue weighted by molar-refractivity contribution is 7.10. The number of nitrogens with zero attached hydrogens (tertiary/aromatic N) is 5. The lowest BCUT2D eigenvalue weighted by atomic mass is 9.77. The average Bonchev–Trinajstić information content (AvgIpc) is 3.74. The van der Waals surface area contributed by atoms with E-state index < -0.39 is 0 Å². The number of piperidine rings is 1. The quantitative estimate of drug-likeness (QED) is 0.296. The second-order valence-electron chi connectivity index (χ2n) is 11.3. The fourth-order valence-corrected chi connectivity index (χ4v) is 7.10. The Balaban J connectivity index is 0.997. The molecule has 200 valence electrons. The highest BCUT2D eigenvalue weighted by Gasteiger charge is 2.40. The molecule has 0 unspecified atom stereocenters. The van der Waals surface area contributed by atoms with E-state index in [9.17, 15) is 0 Å². The Morgan fingerprint density at radius 2 is 1.45 bits per heavy atom. The molecule has 0 radical (unpaired) electrons. The van der Waals surface area contributed by atoms with E-state index in [0.717, 1.165) is 44.4 Å². The first-order valence-electron chi connectivity index (χ1n) is 13.9. The van der Waals surface area contributed by atoms with E-state index in [4.69, 9.17) is 0 Å².